The van der Waals surface area contributed by atoms with Crippen molar-refractivity contribution in [2.75, 3.05) is 5.32 Å². The van der Waals surface area contributed by atoms with E-state index in [2.05, 4.69) is 15.6 Å². The normalized spacial score (nSPS) is 17.1. The molecule has 23 heavy (non-hydrogen) atoms. The molecular weight excluding hydrogens is 327 g/mol. The molecule has 0 aliphatic carbocycles. The number of alkyl halides is 3. The lowest BCUT2D eigenvalue weighted by Crippen LogP contribution is -2.36. The van der Waals surface area contributed by atoms with E-state index in [4.69, 9.17) is 0 Å². The molecule has 0 spiro atoms. The first kappa shape index (κ1) is 17.4. The van der Waals surface area contributed by atoms with E-state index in [-0.39, 0.29) is 10.4 Å². The number of hydrogen-bond donors (Lipinski definition) is 2. The van der Waals surface area contributed by atoms with Crippen LogP contribution in [0.1, 0.15) is 26.3 Å². The Labute approximate surface area is 136 Å². The van der Waals surface area contributed by atoms with Crippen molar-refractivity contribution in [3.8, 4) is 0 Å². The smallest absolute Gasteiger partial charge is 0.308 e. The van der Waals surface area contributed by atoms with Gasteiger partial charge in [0.2, 0.25) is 0 Å². The summed E-state index contributed by atoms with van der Waals surface area (Å²) in [6, 6.07) is 3.81. The molecule has 0 bridgehead atoms. The van der Waals surface area contributed by atoms with Gasteiger partial charge in [-0.05, 0) is 45.0 Å². The van der Waals surface area contributed by atoms with Gasteiger partial charge in [0.05, 0.1) is 5.56 Å². The number of allylic oxidation sites excluding steroid dienone is 1. The summed E-state index contributed by atoms with van der Waals surface area (Å²) in [4.78, 5) is 16.1. The second-order valence-electron chi connectivity index (χ2n) is 5.57. The van der Waals surface area contributed by atoms with Crippen LogP contribution in [-0.2, 0) is 6.18 Å². The van der Waals surface area contributed by atoms with Crippen LogP contribution in [0.15, 0.2) is 41.0 Å². The summed E-state index contributed by atoms with van der Waals surface area (Å²) in [5.74, 6) is 0. The maximum atomic E-state index is 12.6. The minimum atomic E-state index is -4.45. The maximum absolute atomic E-state index is 12.6. The van der Waals surface area contributed by atoms with E-state index < -0.39 is 17.8 Å². The lowest BCUT2D eigenvalue weighted by molar-refractivity contribution is -0.137. The van der Waals surface area contributed by atoms with Crippen molar-refractivity contribution in [2.24, 2.45) is 4.99 Å². The Balaban J connectivity index is 2.05. The Morgan fingerprint density at radius 3 is 2.57 bits per heavy atom. The lowest BCUT2D eigenvalue weighted by atomic mass is 10.2. The van der Waals surface area contributed by atoms with Crippen LogP contribution in [0.4, 0.5) is 23.7 Å². The molecule has 0 saturated carbocycles. The highest BCUT2D eigenvalue weighted by Crippen LogP contribution is 2.32. The van der Waals surface area contributed by atoms with Crippen molar-refractivity contribution in [3.63, 3.8) is 0 Å². The molecule has 2 N–H and O–H groups in total. The van der Waals surface area contributed by atoms with Gasteiger partial charge in [0, 0.05) is 16.1 Å². The van der Waals surface area contributed by atoms with Crippen LogP contribution in [0.3, 0.4) is 0 Å². The van der Waals surface area contributed by atoms with E-state index >= 15 is 0 Å². The van der Waals surface area contributed by atoms with Gasteiger partial charge in [-0.15, -0.1) is 0 Å². The third-order valence-electron chi connectivity index (χ3n) is 2.86. The zero-order valence-electron chi connectivity index (χ0n) is 12.8. The molecule has 124 valence electrons. The molecule has 0 fully saturated rings. The summed E-state index contributed by atoms with van der Waals surface area (Å²) in [6.45, 7) is 5.76. The number of carbonyl (C=O) groups excluding carboxylic acids is 1. The monoisotopic (exact) mass is 343 g/mol. The Bertz CT molecular complexity index is 681. The number of carbonyl (C=O) groups is 1. The van der Waals surface area contributed by atoms with Crippen LogP contribution in [0.25, 0.3) is 0 Å². The zero-order chi connectivity index (χ0) is 17.3. The van der Waals surface area contributed by atoms with Gasteiger partial charge in [-0.2, -0.15) is 13.2 Å². The largest absolute Gasteiger partial charge is 0.416 e. The summed E-state index contributed by atoms with van der Waals surface area (Å²) in [5.41, 5.74) is 0.00738. The van der Waals surface area contributed by atoms with Gasteiger partial charge in [0.15, 0.2) is 5.17 Å². The van der Waals surface area contributed by atoms with Gasteiger partial charge in [0.25, 0.3) is 0 Å². The predicted molar refractivity (Wildman–Crippen MR) is 86.5 cm³/mol. The molecule has 1 aliphatic heterocycles. The van der Waals surface area contributed by atoms with Gasteiger partial charge < -0.3 is 5.32 Å². The van der Waals surface area contributed by atoms with Crippen molar-refractivity contribution >= 4 is 28.6 Å². The zero-order valence-corrected chi connectivity index (χ0v) is 13.6. The first-order chi connectivity index (χ1) is 10.5. The molecule has 0 saturated heterocycles. The molecule has 1 aliphatic rings. The number of amides is 2. The number of aliphatic imine (C=N–C) groups is 1. The fraction of sp³-hybridized carbons (Fsp3) is 0.333. The number of urea groups is 1. The average molecular weight is 343 g/mol. The number of nitrogens with one attached hydrogen (secondary N) is 2. The van der Waals surface area contributed by atoms with E-state index in [0.29, 0.717) is 5.17 Å². The molecule has 0 atom stereocenters. The minimum absolute atomic E-state index is 0.0604. The molecule has 0 unspecified atom stereocenters. The maximum Gasteiger partial charge on any atom is 0.416 e. The predicted octanol–water partition coefficient (Wildman–Crippen LogP) is 4.61. The van der Waals surface area contributed by atoms with Crippen LogP contribution in [0.5, 0.6) is 0 Å². The highest BCUT2D eigenvalue weighted by atomic mass is 32.2. The van der Waals surface area contributed by atoms with Crippen molar-refractivity contribution in [1.29, 1.82) is 0 Å². The van der Waals surface area contributed by atoms with Crippen LogP contribution in [0, 0.1) is 0 Å². The van der Waals surface area contributed by atoms with E-state index in [9.17, 15) is 18.0 Å². The molecule has 0 aromatic heterocycles. The summed E-state index contributed by atoms with van der Waals surface area (Å²) < 4.78 is 37.7. The topological polar surface area (TPSA) is 53.5 Å². The van der Waals surface area contributed by atoms with Crippen LogP contribution >= 0.6 is 11.8 Å². The second-order valence-corrected chi connectivity index (χ2v) is 7.21. The lowest BCUT2D eigenvalue weighted by Gasteiger charge is -2.25. The van der Waals surface area contributed by atoms with E-state index in [1.165, 1.54) is 23.9 Å². The molecule has 1 aromatic rings. The van der Waals surface area contributed by atoms with Crippen LogP contribution in [-0.4, -0.2) is 15.9 Å². The molecule has 0 radical (unpaired) electrons. The first-order valence-corrected chi connectivity index (χ1v) is 7.59. The van der Waals surface area contributed by atoms with Crippen molar-refractivity contribution in [2.45, 2.75) is 31.7 Å². The van der Waals surface area contributed by atoms with Gasteiger partial charge in [-0.3, -0.25) is 5.32 Å². The number of halogens is 3. The number of thioether (sulfide) groups is 1. The van der Waals surface area contributed by atoms with Crippen LogP contribution in [0.2, 0.25) is 0 Å². The minimum Gasteiger partial charge on any atom is -0.308 e. The van der Waals surface area contributed by atoms with Crippen molar-refractivity contribution < 1.29 is 18.0 Å². The number of hydrogen-bond acceptors (Lipinski definition) is 3. The molecular formula is C15H16F3N3OS. The highest BCUT2D eigenvalue weighted by molar-refractivity contribution is 8.15. The number of anilines is 1. The second kappa shape index (κ2) is 6.27. The quantitative estimate of drug-likeness (QED) is 0.782. The highest BCUT2D eigenvalue weighted by Gasteiger charge is 2.30. The Morgan fingerprint density at radius 2 is 1.96 bits per heavy atom. The number of rotatable bonds is 1. The Kier molecular flexibility index (Phi) is 4.74. The molecule has 2 rings (SSSR count). The SMILES string of the molecule is CC1=CC(C)(C)SC(NC(=O)Nc2cccc(C(F)(F)F)c2)=N1. The molecule has 2 amide bonds. The van der Waals surface area contributed by atoms with Crippen LogP contribution < -0.4 is 10.6 Å². The van der Waals surface area contributed by atoms with Crippen molar-refractivity contribution in [3.05, 3.63) is 41.6 Å². The summed E-state index contributed by atoms with van der Waals surface area (Å²) in [5, 5.41) is 5.33. The van der Waals surface area contributed by atoms with Gasteiger partial charge in [0.1, 0.15) is 0 Å². The summed E-state index contributed by atoms with van der Waals surface area (Å²) in [7, 11) is 0. The summed E-state index contributed by atoms with van der Waals surface area (Å²) in [6.07, 6.45) is -2.49. The average Bonchev–Trinajstić information content (AvgIpc) is 2.34. The van der Waals surface area contributed by atoms with Crippen molar-refractivity contribution in [1.82, 2.24) is 5.32 Å². The van der Waals surface area contributed by atoms with E-state index in [1.807, 2.05) is 26.8 Å². The van der Waals surface area contributed by atoms with Gasteiger partial charge in [-0.1, -0.05) is 17.8 Å². The fourth-order valence-corrected chi connectivity index (χ4v) is 3.14. The van der Waals surface area contributed by atoms with Gasteiger partial charge >= 0.3 is 12.2 Å². The number of amidine groups is 1. The standard InChI is InChI=1S/C15H16F3N3OS/c1-9-8-14(2,3)23-13(19-9)21-12(22)20-11-6-4-5-10(7-11)15(16,17)18/h4-8H,1-3H3,(H2,19,20,21,22). The molecule has 4 nitrogen and oxygen atoms in total. The molecule has 8 heteroatoms. The van der Waals surface area contributed by atoms with E-state index in [0.717, 1.165) is 17.8 Å². The third-order valence-corrected chi connectivity index (χ3v) is 3.89. The molecule has 1 aromatic carbocycles. The third kappa shape index (κ3) is 5.02. The Hall–Kier alpha value is -1.96. The Morgan fingerprint density at radius 1 is 1.26 bits per heavy atom. The van der Waals surface area contributed by atoms with Gasteiger partial charge in [-0.25, -0.2) is 9.79 Å². The fourth-order valence-electron chi connectivity index (χ4n) is 2.08. The van der Waals surface area contributed by atoms with E-state index in [1.54, 1.807) is 0 Å². The summed E-state index contributed by atoms with van der Waals surface area (Å²) >= 11 is 1.36. The molecule has 1 heterocycles. The number of benzene rings is 1. The first-order valence-electron chi connectivity index (χ1n) is 6.78. The number of nitrogens with zero attached hydrogens (tertiary/aromatic N) is 1.